The van der Waals surface area contributed by atoms with E-state index in [0.717, 1.165) is 10.8 Å². The van der Waals surface area contributed by atoms with Gasteiger partial charge in [0.1, 0.15) is 11.6 Å². The molecule has 0 saturated carbocycles. The molecule has 0 N–H and O–H groups in total. The lowest BCUT2D eigenvalue weighted by Crippen LogP contribution is -2.36. The van der Waals surface area contributed by atoms with E-state index in [1.54, 1.807) is 23.1 Å². The first-order valence-electron chi connectivity index (χ1n) is 9.03. The molecule has 0 bridgehead atoms. The first kappa shape index (κ1) is 18.5. The van der Waals surface area contributed by atoms with Gasteiger partial charge >= 0.3 is 0 Å². The number of carbonyl (C=O) groups excluding carboxylic acids is 1. The van der Waals surface area contributed by atoms with Crippen molar-refractivity contribution in [3.8, 4) is 5.75 Å². The third-order valence-electron chi connectivity index (χ3n) is 4.50. The lowest BCUT2D eigenvalue weighted by atomic mass is 10.1. The molecule has 4 nitrogen and oxygen atoms in total. The highest BCUT2D eigenvalue weighted by molar-refractivity contribution is 8.13. The monoisotopic (exact) mass is 394 g/mol. The van der Waals surface area contributed by atoms with E-state index >= 15 is 0 Å². The first-order valence-corrected chi connectivity index (χ1v) is 10.0. The summed E-state index contributed by atoms with van der Waals surface area (Å²) < 4.78 is 19.5. The van der Waals surface area contributed by atoms with Crippen LogP contribution in [-0.4, -0.2) is 35.7 Å². The van der Waals surface area contributed by atoms with E-state index in [9.17, 15) is 9.18 Å². The number of hydrogen-bond acceptors (Lipinski definition) is 4. The van der Waals surface area contributed by atoms with Crippen LogP contribution in [0.3, 0.4) is 0 Å². The predicted molar refractivity (Wildman–Crippen MR) is 111 cm³/mol. The van der Waals surface area contributed by atoms with Gasteiger partial charge in [-0.2, -0.15) is 0 Å². The summed E-state index contributed by atoms with van der Waals surface area (Å²) in [5.41, 5.74) is 0.599. The number of aliphatic imine (C=N–C) groups is 1. The van der Waals surface area contributed by atoms with Crippen molar-refractivity contribution in [1.82, 2.24) is 4.90 Å². The molecule has 3 aromatic carbocycles. The molecule has 6 heteroatoms. The van der Waals surface area contributed by atoms with Gasteiger partial charge in [-0.1, -0.05) is 60.3 Å². The number of benzene rings is 3. The number of thioether (sulfide) groups is 1. The zero-order valence-electron chi connectivity index (χ0n) is 15.2. The highest BCUT2D eigenvalue weighted by Gasteiger charge is 2.24. The number of rotatable bonds is 5. The summed E-state index contributed by atoms with van der Waals surface area (Å²) in [5.74, 6) is 0.696. The fraction of sp³-hybridized carbons (Fsp3) is 0.182. The topological polar surface area (TPSA) is 41.9 Å². The second-order valence-corrected chi connectivity index (χ2v) is 7.33. The van der Waals surface area contributed by atoms with Crippen molar-refractivity contribution in [3.63, 3.8) is 0 Å². The van der Waals surface area contributed by atoms with E-state index in [0.29, 0.717) is 35.3 Å². The quantitative estimate of drug-likeness (QED) is 0.640. The number of amidine groups is 1. The Bertz CT molecular complexity index is 1040. The van der Waals surface area contributed by atoms with Crippen LogP contribution in [0, 0.1) is 5.82 Å². The summed E-state index contributed by atoms with van der Waals surface area (Å²) in [4.78, 5) is 18.6. The molecule has 0 aliphatic carbocycles. The number of amides is 1. The molecule has 3 aromatic rings. The molecule has 1 aliphatic heterocycles. The van der Waals surface area contributed by atoms with Crippen LogP contribution in [0.2, 0.25) is 0 Å². The molecule has 0 atom stereocenters. The summed E-state index contributed by atoms with van der Waals surface area (Å²) in [6.45, 7) is 1.03. The van der Waals surface area contributed by atoms with Crippen LogP contribution in [0.1, 0.15) is 5.56 Å². The van der Waals surface area contributed by atoms with Crippen LogP contribution in [0.15, 0.2) is 71.7 Å². The standard InChI is InChI=1S/C22H19FN2O2S/c23-20-8-4-3-7-18(20)15-28-22-24-11-12-25(22)21(26)14-27-19-10-9-16-5-1-2-6-17(16)13-19/h1-10,13H,11-12,14-15H2. The van der Waals surface area contributed by atoms with Gasteiger partial charge in [0, 0.05) is 12.3 Å². The lowest BCUT2D eigenvalue weighted by molar-refractivity contribution is -0.128. The Kier molecular flexibility index (Phi) is 5.58. The maximum absolute atomic E-state index is 13.8. The predicted octanol–water partition coefficient (Wildman–Crippen LogP) is 4.49. The number of halogens is 1. The highest BCUT2D eigenvalue weighted by atomic mass is 32.2. The molecule has 1 amide bonds. The van der Waals surface area contributed by atoms with E-state index in [1.165, 1.54) is 17.8 Å². The van der Waals surface area contributed by atoms with E-state index in [-0.39, 0.29) is 18.3 Å². The van der Waals surface area contributed by atoms with Crippen LogP contribution in [0.5, 0.6) is 5.75 Å². The molecule has 0 radical (unpaired) electrons. The molecule has 28 heavy (non-hydrogen) atoms. The van der Waals surface area contributed by atoms with E-state index in [2.05, 4.69) is 4.99 Å². The molecule has 0 spiro atoms. The van der Waals surface area contributed by atoms with Crippen LogP contribution < -0.4 is 4.74 Å². The summed E-state index contributed by atoms with van der Waals surface area (Å²) >= 11 is 1.37. The minimum atomic E-state index is -0.244. The largest absolute Gasteiger partial charge is 0.484 e. The third-order valence-corrected chi connectivity index (χ3v) is 5.56. The van der Waals surface area contributed by atoms with Gasteiger partial charge in [-0.05, 0) is 34.5 Å². The van der Waals surface area contributed by atoms with E-state index in [4.69, 9.17) is 4.74 Å². The fourth-order valence-corrected chi connectivity index (χ4v) is 4.07. The Balaban J connectivity index is 1.35. The molecule has 4 rings (SSSR count). The summed E-state index contributed by atoms with van der Waals surface area (Å²) in [6.07, 6.45) is 0. The van der Waals surface area contributed by atoms with Crippen LogP contribution in [0.4, 0.5) is 4.39 Å². The van der Waals surface area contributed by atoms with Crippen molar-refractivity contribution in [2.24, 2.45) is 4.99 Å². The molecule has 0 fully saturated rings. The fourth-order valence-electron chi connectivity index (χ4n) is 3.02. The van der Waals surface area contributed by atoms with Crippen molar-refractivity contribution in [1.29, 1.82) is 0 Å². The SMILES string of the molecule is O=C(COc1ccc2ccccc2c1)N1CCN=C1SCc1ccccc1F. The minimum absolute atomic E-state index is 0.0579. The van der Waals surface area contributed by atoms with Gasteiger partial charge in [-0.15, -0.1) is 0 Å². The van der Waals surface area contributed by atoms with Gasteiger partial charge in [0.15, 0.2) is 11.8 Å². The average molecular weight is 394 g/mol. The number of ether oxygens (including phenoxy) is 1. The van der Waals surface area contributed by atoms with Gasteiger partial charge in [0.25, 0.3) is 5.91 Å². The summed E-state index contributed by atoms with van der Waals surface area (Å²) in [6, 6.07) is 20.4. The van der Waals surface area contributed by atoms with Gasteiger partial charge in [-0.25, -0.2) is 4.39 Å². The van der Waals surface area contributed by atoms with Crippen LogP contribution >= 0.6 is 11.8 Å². The maximum Gasteiger partial charge on any atom is 0.266 e. The smallest absolute Gasteiger partial charge is 0.266 e. The van der Waals surface area contributed by atoms with Crippen molar-refractivity contribution < 1.29 is 13.9 Å². The normalized spacial score (nSPS) is 13.6. The van der Waals surface area contributed by atoms with E-state index < -0.39 is 0 Å². The zero-order valence-corrected chi connectivity index (χ0v) is 16.0. The average Bonchev–Trinajstić information content (AvgIpc) is 3.20. The second kappa shape index (κ2) is 8.44. The minimum Gasteiger partial charge on any atom is -0.484 e. The molecule has 1 heterocycles. The number of fused-ring (bicyclic) bond motifs is 1. The van der Waals surface area contributed by atoms with Crippen LogP contribution in [0.25, 0.3) is 10.8 Å². The van der Waals surface area contributed by atoms with Crippen molar-refractivity contribution in [2.45, 2.75) is 5.75 Å². The lowest BCUT2D eigenvalue weighted by Gasteiger charge is -2.18. The number of nitrogens with zero attached hydrogens (tertiary/aromatic N) is 2. The molecule has 0 saturated heterocycles. The Labute approximate surface area is 167 Å². The molecule has 0 unspecified atom stereocenters. The summed E-state index contributed by atoms with van der Waals surface area (Å²) in [5, 5.41) is 2.81. The first-order chi connectivity index (χ1) is 13.7. The Hall–Kier alpha value is -2.86. The van der Waals surface area contributed by atoms with Gasteiger partial charge < -0.3 is 4.74 Å². The van der Waals surface area contributed by atoms with Gasteiger partial charge in [0.2, 0.25) is 0 Å². The Morgan fingerprint density at radius 3 is 2.71 bits per heavy atom. The van der Waals surface area contributed by atoms with Crippen molar-refractivity contribution in [3.05, 3.63) is 78.1 Å². The third kappa shape index (κ3) is 4.17. The zero-order chi connectivity index (χ0) is 19.3. The van der Waals surface area contributed by atoms with Gasteiger partial charge in [-0.3, -0.25) is 14.7 Å². The number of carbonyl (C=O) groups is 1. The molecule has 0 aromatic heterocycles. The molecular weight excluding hydrogens is 375 g/mol. The van der Waals surface area contributed by atoms with Gasteiger partial charge in [0.05, 0.1) is 6.54 Å². The summed E-state index contributed by atoms with van der Waals surface area (Å²) in [7, 11) is 0. The maximum atomic E-state index is 13.8. The Morgan fingerprint density at radius 1 is 1.07 bits per heavy atom. The van der Waals surface area contributed by atoms with Crippen LogP contribution in [-0.2, 0) is 10.5 Å². The van der Waals surface area contributed by atoms with Crippen molar-refractivity contribution >= 4 is 33.6 Å². The molecular formula is C22H19FN2O2S. The van der Waals surface area contributed by atoms with E-state index in [1.807, 2.05) is 42.5 Å². The van der Waals surface area contributed by atoms with Crippen molar-refractivity contribution in [2.75, 3.05) is 19.7 Å². The number of hydrogen-bond donors (Lipinski definition) is 0. The molecule has 1 aliphatic rings. The second-order valence-electron chi connectivity index (χ2n) is 6.39. The Morgan fingerprint density at radius 2 is 1.86 bits per heavy atom. The molecule has 142 valence electrons. The highest BCUT2D eigenvalue weighted by Crippen LogP contribution is 2.23.